The van der Waals surface area contributed by atoms with E-state index in [9.17, 15) is 9.59 Å². The van der Waals surface area contributed by atoms with Gasteiger partial charge in [0.15, 0.2) is 0 Å². The number of hydrogen-bond acceptors (Lipinski definition) is 2. The molecule has 0 aromatic carbocycles. The molecule has 0 radical (unpaired) electrons. The van der Waals surface area contributed by atoms with E-state index < -0.39 is 11.9 Å². The van der Waals surface area contributed by atoms with E-state index in [0.29, 0.717) is 26.1 Å². The van der Waals surface area contributed by atoms with Crippen LogP contribution in [0.1, 0.15) is 40.5 Å². The minimum absolute atomic E-state index is 0.137. The molecule has 2 amide bonds. The van der Waals surface area contributed by atoms with Crippen molar-refractivity contribution in [3.05, 3.63) is 0 Å². The number of aliphatic carboxylic acids is 1. The fourth-order valence-corrected chi connectivity index (χ4v) is 2.35. The summed E-state index contributed by atoms with van der Waals surface area (Å²) < 4.78 is 0. The molecule has 1 rings (SSSR count). The van der Waals surface area contributed by atoms with Crippen LogP contribution in [-0.4, -0.2) is 41.6 Å². The number of carbonyl (C=O) groups excluding carboxylic acids is 1. The molecule has 0 saturated carbocycles. The first-order chi connectivity index (χ1) is 8.69. The largest absolute Gasteiger partial charge is 0.481 e. The Balaban J connectivity index is 2.45. The van der Waals surface area contributed by atoms with Crippen molar-refractivity contribution in [2.24, 2.45) is 17.3 Å². The number of carboxylic acid groups (broad SMARTS) is 1. The lowest BCUT2D eigenvalue weighted by molar-refractivity contribution is -0.143. The van der Waals surface area contributed by atoms with Gasteiger partial charge in [-0.15, -0.1) is 0 Å². The zero-order chi connectivity index (χ0) is 14.6. The molecule has 1 saturated heterocycles. The van der Waals surface area contributed by atoms with Crippen LogP contribution in [0.2, 0.25) is 0 Å². The molecule has 19 heavy (non-hydrogen) atoms. The molecule has 0 bridgehead atoms. The molecule has 2 N–H and O–H groups in total. The number of rotatable bonds is 3. The van der Waals surface area contributed by atoms with Crippen molar-refractivity contribution < 1.29 is 14.7 Å². The minimum Gasteiger partial charge on any atom is -0.481 e. The maximum atomic E-state index is 12.0. The second kappa shape index (κ2) is 6.26. The van der Waals surface area contributed by atoms with Crippen molar-refractivity contribution in [2.75, 3.05) is 19.6 Å². The summed E-state index contributed by atoms with van der Waals surface area (Å²) >= 11 is 0. The van der Waals surface area contributed by atoms with Gasteiger partial charge in [0, 0.05) is 19.6 Å². The first-order valence-corrected chi connectivity index (χ1v) is 6.94. The Labute approximate surface area is 115 Å². The monoisotopic (exact) mass is 270 g/mol. The highest BCUT2D eigenvalue weighted by atomic mass is 16.4. The molecule has 1 heterocycles. The maximum absolute atomic E-state index is 12.0. The second-order valence-electron chi connectivity index (χ2n) is 6.82. The maximum Gasteiger partial charge on any atom is 0.317 e. The standard InChI is InChI=1S/C14H26N2O3/c1-10-7-11(12(17)18)9-16(8-10)13(19)15-6-5-14(2,3)4/h10-11H,5-9H2,1-4H3,(H,15,19)(H,17,18). The third kappa shape index (κ3) is 5.49. The molecule has 2 unspecified atom stereocenters. The lowest BCUT2D eigenvalue weighted by Crippen LogP contribution is -2.49. The topological polar surface area (TPSA) is 69.6 Å². The van der Waals surface area contributed by atoms with E-state index in [4.69, 9.17) is 5.11 Å². The zero-order valence-electron chi connectivity index (χ0n) is 12.4. The van der Waals surface area contributed by atoms with Crippen molar-refractivity contribution in [2.45, 2.75) is 40.5 Å². The summed E-state index contributed by atoms with van der Waals surface area (Å²) in [6.07, 6.45) is 1.56. The van der Waals surface area contributed by atoms with Crippen LogP contribution in [0.5, 0.6) is 0 Å². The molecule has 1 fully saturated rings. The van der Waals surface area contributed by atoms with Crippen LogP contribution >= 0.6 is 0 Å². The Morgan fingerprint density at radius 1 is 1.32 bits per heavy atom. The molecule has 1 aliphatic rings. The quantitative estimate of drug-likeness (QED) is 0.825. The van der Waals surface area contributed by atoms with E-state index in [0.717, 1.165) is 6.42 Å². The summed E-state index contributed by atoms with van der Waals surface area (Å²) in [6.45, 7) is 9.97. The first kappa shape index (κ1) is 15.8. The van der Waals surface area contributed by atoms with Gasteiger partial charge >= 0.3 is 12.0 Å². The number of carbonyl (C=O) groups is 2. The van der Waals surface area contributed by atoms with Crippen LogP contribution in [0.15, 0.2) is 0 Å². The minimum atomic E-state index is -0.806. The number of piperidine rings is 1. The Morgan fingerprint density at radius 3 is 2.47 bits per heavy atom. The summed E-state index contributed by atoms with van der Waals surface area (Å²) in [5.41, 5.74) is 0.187. The lowest BCUT2D eigenvalue weighted by Gasteiger charge is -2.34. The molecule has 0 aliphatic carbocycles. The molecule has 0 aromatic heterocycles. The molecule has 110 valence electrons. The molecular weight excluding hydrogens is 244 g/mol. The van der Waals surface area contributed by atoms with Crippen LogP contribution in [0.25, 0.3) is 0 Å². The van der Waals surface area contributed by atoms with Crippen LogP contribution in [0.4, 0.5) is 4.79 Å². The predicted octanol–water partition coefficient (Wildman–Crippen LogP) is 2.17. The SMILES string of the molecule is CC1CC(C(=O)O)CN(C(=O)NCCC(C)(C)C)C1. The van der Waals surface area contributed by atoms with Crippen LogP contribution in [0.3, 0.4) is 0 Å². The van der Waals surface area contributed by atoms with E-state index in [1.54, 1.807) is 4.90 Å². The van der Waals surface area contributed by atoms with Gasteiger partial charge in [0.05, 0.1) is 5.92 Å². The van der Waals surface area contributed by atoms with Gasteiger partial charge in [-0.25, -0.2) is 4.79 Å². The van der Waals surface area contributed by atoms with Crippen molar-refractivity contribution in [3.8, 4) is 0 Å². The first-order valence-electron chi connectivity index (χ1n) is 6.94. The fraction of sp³-hybridized carbons (Fsp3) is 0.857. The van der Waals surface area contributed by atoms with E-state index in [2.05, 4.69) is 26.1 Å². The van der Waals surface area contributed by atoms with Crippen molar-refractivity contribution in [3.63, 3.8) is 0 Å². The number of carboxylic acids is 1. The highest BCUT2D eigenvalue weighted by Gasteiger charge is 2.31. The molecule has 1 aliphatic heterocycles. The van der Waals surface area contributed by atoms with Gasteiger partial charge in [-0.2, -0.15) is 0 Å². The highest BCUT2D eigenvalue weighted by molar-refractivity contribution is 5.76. The normalized spacial score (nSPS) is 24.1. The summed E-state index contributed by atoms with van der Waals surface area (Å²) in [6, 6.07) is -0.137. The van der Waals surface area contributed by atoms with Gasteiger partial charge in [0.2, 0.25) is 0 Å². The van der Waals surface area contributed by atoms with Crippen molar-refractivity contribution >= 4 is 12.0 Å². The average Bonchev–Trinajstić information content (AvgIpc) is 2.26. The van der Waals surface area contributed by atoms with Gasteiger partial charge in [-0.05, 0) is 24.2 Å². The second-order valence-corrected chi connectivity index (χ2v) is 6.82. The Bertz CT molecular complexity index is 336. The number of hydrogen-bond donors (Lipinski definition) is 2. The van der Waals surface area contributed by atoms with E-state index in [-0.39, 0.29) is 17.4 Å². The highest BCUT2D eigenvalue weighted by Crippen LogP contribution is 2.22. The third-order valence-corrected chi connectivity index (χ3v) is 3.45. The van der Waals surface area contributed by atoms with Gasteiger partial charge in [-0.1, -0.05) is 27.7 Å². The molecular formula is C14H26N2O3. The predicted molar refractivity (Wildman–Crippen MR) is 74.0 cm³/mol. The molecule has 0 aromatic rings. The Hall–Kier alpha value is -1.26. The number of amides is 2. The summed E-state index contributed by atoms with van der Waals surface area (Å²) in [7, 11) is 0. The molecule has 2 atom stereocenters. The Kier molecular flexibility index (Phi) is 5.20. The molecule has 5 heteroatoms. The van der Waals surface area contributed by atoms with E-state index in [1.807, 2.05) is 6.92 Å². The van der Waals surface area contributed by atoms with E-state index >= 15 is 0 Å². The fourth-order valence-electron chi connectivity index (χ4n) is 2.35. The zero-order valence-corrected chi connectivity index (χ0v) is 12.4. The van der Waals surface area contributed by atoms with E-state index in [1.165, 1.54) is 0 Å². The number of nitrogens with zero attached hydrogens (tertiary/aromatic N) is 1. The smallest absolute Gasteiger partial charge is 0.317 e. The average molecular weight is 270 g/mol. The lowest BCUT2D eigenvalue weighted by atomic mass is 9.90. The van der Waals surface area contributed by atoms with Gasteiger partial charge in [-0.3, -0.25) is 4.79 Å². The summed E-state index contributed by atoms with van der Waals surface area (Å²) in [5, 5.41) is 12.0. The van der Waals surface area contributed by atoms with Crippen molar-refractivity contribution in [1.82, 2.24) is 10.2 Å². The molecule has 5 nitrogen and oxygen atoms in total. The van der Waals surface area contributed by atoms with Gasteiger partial charge < -0.3 is 15.3 Å². The third-order valence-electron chi connectivity index (χ3n) is 3.45. The summed E-state index contributed by atoms with van der Waals surface area (Å²) in [5.74, 6) is -1.00. The number of nitrogens with one attached hydrogen (secondary N) is 1. The Morgan fingerprint density at radius 2 is 1.95 bits per heavy atom. The van der Waals surface area contributed by atoms with Crippen LogP contribution in [0, 0.1) is 17.3 Å². The number of urea groups is 1. The van der Waals surface area contributed by atoms with Gasteiger partial charge in [0.1, 0.15) is 0 Å². The van der Waals surface area contributed by atoms with Crippen LogP contribution in [-0.2, 0) is 4.79 Å². The van der Waals surface area contributed by atoms with Crippen molar-refractivity contribution in [1.29, 1.82) is 0 Å². The number of likely N-dealkylation sites (tertiary alicyclic amines) is 1. The van der Waals surface area contributed by atoms with Crippen LogP contribution < -0.4 is 5.32 Å². The molecule has 0 spiro atoms. The summed E-state index contributed by atoms with van der Waals surface area (Å²) in [4.78, 5) is 24.7. The van der Waals surface area contributed by atoms with Gasteiger partial charge in [0.25, 0.3) is 0 Å².